The molecule has 1 N–H and O–H groups in total. The smallest absolute Gasteiger partial charge is 0.0360 e. The predicted octanol–water partition coefficient (Wildman–Crippen LogP) is 4.96. The second kappa shape index (κ2) is 7.05. The molecule has 0 heterocycles. The van der Waals surface area contributed by atoms with E-state index in [0.29, 0.717) is 6.04 Å². The summed E-state index contributed by atoms with van der Waals surface area (Å²) in [6.45, 7) is 7.48. The highest BCUT2D eigenvalue weighted by molar-refractivity contribution is 9.10. The van der Waals surface area contributed by atoms with E-state index in [2.05, 4.69) is 84.5 Å². The van der Waals surface area contributed by atoms with E-state index in [0.717, 1.165) is 17.4 Å². The molecular formula is C18H22BrN. The first-order chi connectivity index (χ1) is 9.60. The molecular weight excluding hydrogens is 310 g/mol. The topological polar surface area (TPSA) is 12.0 Å². The van der Waals surface area contributed by atoms with E-state index in [4.69, 9.17) is 0 Å². The lowest BCUT2D eigenvalue weighted by atomic mass is 9.96. The van der Waals surface area contributed by atoms with E-state index in [1.54, 1.807) is 0 Å². The normalized spacial score (nSPS) is 12.4. The molecule has 2 rings (SSSR count). The van der Waals surface area contributed by atoms with Crippen LogP contribution in [-0.2, 0) is 6.42 Å². The molecule has 0 saturated carbocycles. The summed E-state index contributed by atoms with van der Waals surface area (Å²) in [5.74, 6) is 0. The van der Waals surface area contributed by atoms with Crippen LogP contribution >= 0.6 is 15.9 Å². The summed E-state index contributed by atoms with van der Waals surface area (Å²) >= 11 is 3.55. The van der Waals surface area contributed by atoms with E-state index >= 15 is 0 Å². The number of benzene rings is 2. The molecule has 0 aliphatic carbocycles. The van der Waals surface area contributed by atoms with Crippen LogP contribution in [0, 0.1) is 13.8 Å². The lowest BCUT2D eigenvalue weighted by Gasteiger charge is -2.20. The minimum absolute atomic E-state index is 0.369. The van der Waals surface area contributed by atoms with Crippen molar-refractivity contribution in [2.75, 3.05) is 6.54 Å². The Balaban J connectivity index is 2.24. The Labute approximate surface area is 130 Å². The van der Waals surface area contributed by atoms with Gasteiger partial charge in [0.15, 0.2) is 0 Å². The molecule has 0 saturated heterocycles. The Morgan fingerprint density at radius 1 is 1.05 bits per heavy atom. The maximum absolute atomic E-state index is 3.60. The van der Waals surface area contributed by atoms with Gasteiger partial charge in [0.05, 0.1) is 0 Å². The average molecular weight is 332 g/mol. The maximum Gasteiger partial charge on any atom is 0.0360 e. The molecule has 2 aromatic rings. The molecule has 2 heteroatoms. The van der Waals surface area contributed by atoms with E-state index in [-0.39, 0.29) is 0 Å². The number of likely N-dealkylation sites (N-methyl/N-ethyl adjacent to an activating group) is 1. The van der Waals surface area contributed by atoms with Crippen molar-refractivity contribution in [3.8, 4) is 0 Å². The minimum atomic E-state index is 0.369. The van der Waals surface area contributed by atoms with Crippen molar-refractivity contribution in [3.05, 3.63) is 69.2 Å². The summed E-state index contributed by atoms with van der Waals surface area (Å²) < 4.78 is 1.14. The van der Waals surface area contributed by atoms with Gasteiger partial charge in [-0.05, 0) is 61.2 Å². The molecule has 2 aromatic carbocycles. The van der Waals surface area contributed by atoms with Crippen molar-refractivity contribution in [3.63, 3.8) is 0 Å². The largest absolute Gasteiger partial charge is 0.310 e. The van der Waals surface area contributed by atoms with Gasteiger partial charge in [-0.3, -0.25) is 0 Å². The van der Waals surface area contributed by atoms with Crippen molar-refractivity contribution in [1.29, 1.82) is 0 Å². The molecule has 0 spiro atoms. The van der Waals surface area contributed by atoms with Crippen molar-refractivity contribution in [2.45, 2.75) is 33.2 Å². The summed E-state index contributed by atoms with van der Waals surface area (Å²) in [4.78, 5) is 0. The molecule has 1 nitrogen and oxygen atoms in total. The van der Waals surface area contributed by atoms with Crippen LogP contribution in [0.25, 0.3) is 0 Å². The fourth-order valence-electron chi connectivity index (χ4n) is 2.44. The average Bonchev–Trinajstić information content (AvgIpc) is 2.41. The summed E-state index contributed by atoms with van der Waals surface area (Å²) in [5.41, 5.74) is 5.43. The highest BCUT2D eigenvalue weighted by Crippen LogP contribution is 2.22. The summed E-state index contributed by atoms with van der Waals surface area (Å²) in [7, 11) is 0. The fraction of sp³-hybridized carbons (Fsp3) is 0.333. The first-order valence-corrected chi connectivity index (χ1v) is 7.94. The lowest BCUT2D eigenvalue weighted by molar-refractivity contribution is 0.549. The van der Waals surface area contributed by atoms with Crippen LogP contribution in [0.15, 0.2) is 46.9 Å². The number of aryl methyl sites for hydroxylation is 2. The van der Waals surface area contributed by atoms with Crippen molar-refractivity contribution in [1.82, 2.24) is 5.32 Å². The van der Waals surface area contributed by atoms with Crippen molar-refractivity contribution in [2.24, 2.45) is 0 Å². The summed E-state index contributed by atoms with van der Waals surface area (Å²) in [6.07, 6.45) is 1.01. The van der Waals surface area contributed by atoms with E-state index in [1.807, 2.05) is 0 Å². The molecule has 0 amide bonds. The van der Waals surface area contributed by atoms with Crippen LogP contribution in [0.5, 0.6) is 0 Å². The van der Waals surface area contributed by atoms with Gasteiger partial charge < -0.3 is 5.32 Å². The molecule has 0 aromatic heterocycles. The molecule has 0 aliphatic heterocycles. The third-order valence-corrected chi connectivity index (χ3v) is 4.21. The van der Waals surface area contributed by atoms with E-state index in [9.17, 15) is 0 Å². The quantitative estimate of drug-likeness (QED) is 0.816. The van der Waals surface area contributed by atoms with Gasteiger partial charge >= 0.3 is 0 Å². The molecule has 20 heavy (non-hydrogen) atoms. The fourth-order valence-corrected chi connectivity index (χ4v) is 2.88. The standard InChI is InChI=1S/C18H22BrN/c1-4-20-18(12-15-6-5-7-17(19)11-15)16-9-8-13(2)14(3)10-16/h5-11,18,20H,4,12H2,1-3H3. The van der Waals surface area contributed by atoms with Crippen LogP contribution in [0.3, 0.4) is 0 Å². The number of nitrogens with one attached hydrogen (secondary N) is 1. The van der Waals surface area contributed by atoms with Gasteiger partial charge in [-0.15, -0.1) is 0 Å². The zero-order valence-electron chi connectivity index (χ0n) is 12.4. The van der Waals surface area contributed by atoms with Gasteiger partial charge in [0, 0.05) is 10.5 Å². The first kappa shape index (κ1) is 15.3. The predicted molar refractivity (Wildman–Crippen MR) is 90.2 cm³/mol. The zero-order chi connectivity index (χ0) is 14.5. The summed E-state index contributed by atoms with van der Waals surface area (Å²) in [6, 6.07) is 15.7. The second-order valence-electron chi connectivity index (χ2n) is 5.29. The molecule has 106 valence electrons. The zero-order valence-corrected chi connectivity index (χ0v) is 14.0. The van der Waals surface area contributed by atoms with Crippen molar-refractivity contribution < 1.29 is 0 Å². The molecule has 0 fully saturated rings. The van der Waals surface area contributed by atoms with Gasteiger partial charge in [0.25, 0.3) is 0 Å². The van der Waals surface area contributed by atoms with E-state index < -0.39 is 0 Å². The van der Waals surface area contributed by atoms with Crippen LogP contribution in [-0.4, -0.2) is 6.54 Å². The Morgan fingerprint density at radius 3 is 2.50 bits per heavy atom. The number of halogens is 1. The van der Waals surface area contributed by atoms with Gasteiger partial charge in [-0.1, -0.05) is 53.2 Å². The molecule has 0 aliphatic rings. The molecule has 0 radical (unpaired) electrons. The Morgan fingerprint density at radius 2 is 1.85 bits per heavy atom. The minimum Gasteiger partial charge on any atom is -0.310 e. The lowest BCUT2D eigenvalue weighted by Crippen LogP contribution is -2.23. The van der Waals surface area contributed by atoms with Crippen LogP contribution in [0.2, 0.25) is 0 Å². The monoisotopic (exact) mass is 331 g/mol. The Kier molecular flexibility index (Phi) is 5.38. The van der Waals surface area contributed by atoms with Gasteiger partial charge in [0.1, 0.15) is 0 Å². The second-order valence-corrected chi connectivity index (χ2v) is 6.20. The molecule has 0 bridgehead atoms. The number of hydrogen-bond donors (Lipinski definition) is 1. The van der Waals surface area contributed by atoms with E-state index in [1.165, 1.54) is 22.3 Å². The first-order valence-electron chi connectivity index (χ1n) is 7.15. The Hall–Kier alpha value is -1.12. The SMILES string of the molecule is CCNC(Cc1cccc(Br)c1)c1ccc(C)c(C)c1. The van der Waals surface area contributed by atoms with Gasteiger partial charge in [-0.2, -0.15) is 0 Å². The molecule has 1 atom stereocenters. The molecule has 1 unspecified atom stereocenters. The van der Waals surface area contributed by atoms with Gasteiger partial charge in [0.2, 0.25) is 0 Å². The Bertz CT molecular complexity index is 577. The van der Waals surface area contributed by atoms with Crippen LogP contribution < -0.4 is 5.32 Å². The number of hydrogen-bond acceptors (Lipinski definition) is 1. The third-order valence-electron chi connectivity index (χ3n) is 3.71. The maximum atomic E-state index is 3.60. The van der Waals surface area contributed by atoms with Gasteiger partial charge in [-0.25, -0.2) is 0 Å². The summed E-state index contributed by atoms with van der Waals surface area (Å²) in [5, 5.41) is 3.60. The number of rotatable bonds is 5. The van der Waals surface area contributed by atoms with Crippen LogP contribution in [0.1, 0.15) is 35.2 Å². The third kappa shape index (κ3) is 3.94. The highest BCUT2D eigenvalue weighted by Gasteiger charge is 2.12. The highest BCUT2D eigenvalue weighted by atomic mass is 79.9. The van der Waals surface area contributed by atoms with Crippen molar-refractivity contribution >= 4 is 15.9 Å². The van der Waals surface area contributed by atoms with Crippen LogP contribution in [0.4, 0.5) is 0 Å².